The van der Waals surface area contributed by atoms with Gasteiger partial charge in [0.2, 0.25) is 0 Å². The summed E-state index contributed by atoms with van der Waals surface area (Å²) < 4.78 is 11.9. The van der Waals surface area contributed by atoms with E-state index < -0.39 is 0 Å². The van der Waals surface area contributed by atoms with Crippen molar-refractivity contribution in [2.75, 3.05) is 32.1 Å². The van der Waals surface area contributed by atoms with Crippen LogP contribution in [-0.4, -0.2) is 37.7 Å². The Morgan fingerprint density at radius 2 is 2.07 bits per heavy atom. The molecule has 0 aliphatic carbocycles. The third-order valence-electron chi connectivity index (χ3n) is 3.76. The number of nitrogens with zero attached hydrogens (tertiary/aromatic N) is 1. The number of ether oxygens (including phenoxy) is 2. The van der Waals surface area contributed by atoms with Crippen molar-refractivity contribution in [1.82, 2.24) is 10.3 Å². The number of benzene rings is 2. The number of amides is 1. The maximum absolute atomic E-state index is 12.4. The van der Waals surface area contributed by atoms with Crippen LogP contribution in [0.15, 0.2) is 36.4 Å². The molecule has 1 amide bonds. The predicted molar refractivity (Wildman–Crippen MR) is 110 cm³/mol. The Balaban J connectivity index is 1.56. The molecule has 8 heteroatoms. The lowest BCUT2D eigenvalue weighted by molar-refractivity contribution is 0.0954. The maximum Gasteiger partial charge on any atom is 0.251 e. The molecule has 0 saturated heterocycles. The number of para-hydroxylation sites is 1. The van der Waals surface area contributed by atoms with Gasteiger partial charge in [-0.15, -0.1) is 0 Å². The number of aromatic nitrogens is 1. The summed E-state index contributed by atoms with van der Waals surface area (Å²) in [5.74, 6) is 0.641. The zero-order valence-electron chi connectivity index (χ0n) is 15.0. The number of anilines is 1. The molecule has 0 unspecified atom stereocenters. The zero-order valence-corrected chi connectivity index (χ0v) is 16.6. The summed E-state index contributed by atoms with van der Waals surface area (Å²) in [5.41, 5.74) is 1.38. The van der Waals surface area contributed by atoms with Crippen LogP contribution in [0.5, 0.6) is 11.5 Å². The Labute approximate surface area is 166 Å². The predicted octanol–water partition coefficient (Wildman–Crippen LogP) is 4.20. The maximum atomic E-state index is 12.4. The van der Waals surface area contributed by atoms with E-state index in [4.69, 9.17) is 21.1 Å². The summed E-state index contributed by atoms with van der Waals surface area (Å²) in [6, 6.07) is 11.1. The van der Waals surface area contributed by atoms with Crippen molar-refractivity contribution in [3.8, 4) is 11.5 Å². The average Bonchev–Trinajstić information content (AvgIpc) is 3.09. The molecule has 1 aromatic heterocycles. The smallest absolute Gasteiger partial charge is 0.251 e. The highest BCUT2D eigenvalue weighted by Crippen LogP contribution is 2.36. The van der Waals surface area contributed by atoms with Gasteiger partial charge in [0, 0.05) is 18.7 Å². The first-order valence-corrected chi connectivity index (χ1v) is 9.69. The van der Waals surface area contributed by atoms with Crippen molar-refractivity contribution in [3.05, 3.63) is 47.0 Å². The summed E-state index contributed by atoms with van der Waals surface area (Å²) >= 11 is 7.79. The first-order valence-electron chi connectivity index (χ1n) is 8.50. The molecule has 0 aliphatic heterocycles. The largest absolute Gasteiger partial charge is 0.493 e. The fraction of sp³-hybridized carbons (Fsp3) is 0.263. The number of fused-ring (bicyclic) bond motifs is 1. The third-order valence-corrected chi connectivity index (χ3v) is 5.04. The Morgan fingerprint density at radius 3 is 2.81 bits per heavy atom. The third kappa shape index (κ3) is 4.61. The number of thiazole rings is 1. The number of rotatable bonds is 8. The lowest BCUT2D eigenvalue weighted by atomic mass is 10.2. The number of methoxy groups -OCH3 is 1. The molecule has 0 atom stereocenters. The van der Waals surface area contributed by atoms with E-state index in [2.05, 4.69) is 15.6 Å². The molecule has 6 nitrogen and oxygen atoms in total. The van der Waals surface area contributed by atoms with Crippen LogP contribution in [0.2, 0.25) is 5.02 Å². The van der Waals surface area contributed by atoms with Gasteiger partial charge in [-0.05, 0) is 31.2 Å². The quantitative estimate of drug-likeness (QED) is 0.549. The molecule has 0 bridgehead atoms. The fourth-order valence-electron chi connectivity index (χ4n) is 2.53. The van der Waals surface area contributed by atoms with Crippen molar-refractivity contribution in [3.63, 3.8) is 0 Å². The summed E-state index contributed by atoms with van der Waals surface area (Å²) in [4.78, 5) is 16.9. The van der Waals surface area contributed by atoms with Gasteiger partial charge in [-0.3, -0.25) is 4.79 Å². The second kappa shape index (κ2) is 8.92. The van der Waals surface area contributed by atoms with Crippen LogP contribution in [-0.2, 0) is 0 Å². The molecule has 0 spiro atoms. The van der Waals surface area contributed by atoms with Crippen molar-refractivity contribution >= 4 is 44.2 Å². The van der Waals surface area contributed by atoms with Crippen LogP contribution in [0.1, 0.15) is 17.3 Å². The van der Waals surface area contributed by atoms with Gasteiger partial charge < -0.3 is 20.1 Å². The summed E-state index contributed by atoms with van der Waals surface area (Å²) in [7, 11) is 1.51. The van der Waals surface area contributed by atoms with E-state index in [-0.39, 0.29) is 5.91 Å². The van der Waals surface area contributed by atoms with Gasteiger partial charge in [0.05, 0.1) is 29.0 Å². The highest BCUT2D eigenvalue weighted by molar-refractivity contribution is 7.22. The number of carbonyl (C=O) groups is 1. The minimum absolute atomic E-state index is 0.232. The molecule has 2 aromatic carbocycles. The molecule has 2 N–H and O–H groups in total. The van der Waals surface area contributed by atoms with Crippen LogP contribution in [0.25, 0.3) is 10.2 Å². The number of halogens is 1. The lowest BCUT2D eigenvalue weighted by Crippen LogP contribution is -2.28. The second-order valence-corrected chi connectivity index (χ2v) is 7.03. The SMILES string of the molecule is CCOc1c(Cl)cc(C(=O)NCCNc2nc3ccccc3s2)cc1OC. The van der Waals surface area contributed by atoms with Crippen LogP contribution in [0, 0.1) is 0 Å². The van der Waals surface area contributed by atoms with Crippen molar-refractivity contribution < 1.29 is 14.3 Å². The summed E-state index contributed by atoms with van der Waals surface area (Å²) in [6.07, 6.45) is 0. The summed E-state index contributed by atoms with van der Waals surface area (Å²) in [5, 5.41) is 7.25. The Kier molecular flexibility index (Phi) is 6.36. The van der Waals surface area contributed by atoms with Gasteiger partial charge in [-0.25, -0.2) is 4.98 Å². The van der Waals surface area contributed by atoms with Gasteiger partial charge >= 0.3 is 0 Å². The highest BCUT2D eigenvalue weighted by atomic mass is 35.5. The molecule has 0 saturated carbocycles. The molecular weight excluding hydrogens is 386 g/mol. The van der Waals surface area contributed by atoms with E-state index in [1.54, 1.807) is 23.5 Å². The molecule has 142 valence electrons. The van der Waals surface area contributed by atoms with Crippen molar-refractivity contribution in [2.24, 2.45) is 0 Å². The molecule has 0 radical (unpaired) electrons. The first kappa shape index (κ1) is 19.3. The number of hydrogen-bond acceptors (Lipinski definition) is 6. The topological polar surface area (TPSA) is 72.5 Å². The van der Waals surface area contributed by atoms with E-state index >= 15 is 0 Å². The van der Waals surface area contributed by atoms with Crippen LogP contribution >= 0.6 is 22.9 Å². The lowest BCUT2D eigenvalue weighted by Gasteiger charge is -2.13. The molecule has 0 aliphatic rings. The van der Waals surface area contributed by atoms with E-state index in [9.17, 15) is 4.79 Å². The van der Waals surface area contributed by atoms with Crippen LogP contribution < -0.4 is 20.1 Å². The standard InChI is InChI=1S/C19H20ClN3O3S/c1-3-26-17-13(20)10-12(11-15(17)25-2)18(24)21-8-9-22-19-23-14-6-4-5-7-16(14)27-19/h4-7,10-11H,3,8-9H2,1-2H3,(H,21,24)(H,22,23). The molecule has 1 heterocycles. The van der Waals surface area contributed by atoms with Crippen LogP contribution in [0.4, 0.5) is 5.13 Å². The fourth-order valence-corrected chi connectivity index (χ4v) is 3.69. The Bertz CT molecular complexity index is 912. The second-order valence-electron chi connectivity index (χ2n) is 5.59. The van der Waals surface area contributed by atoms with Gasteiger partial charge in [0.25, 0.3) is 5.91 Å². The monoisotopic (exact) mass is 405 g/mol. The normalized spacial score (nSPS) is 10.6. The van der Waals surface area contributed by atoms with Crippen molar-refractivity contribution in [1.29, 1.82) is 0 Å². The number of nitrogens with one attached hydrogen (secondary N) is 2. The summed E-state index contributed by atoms with van der Waals surface area (Å²) in [6.45, 7) is 3.32. The Morgan fingerprint density at radius 1 is 1.26 bits per heavy atom. The van der Waals surface area contributed by atoms with E-state index in [0.29, 0.717) is 41.8 Å². The van der Waals surface area contributed by atoms with Crippen molar-refractivity contribution in [2.45, 2.75) is 6.92 Å². The minimum atomic E-state index is -0.232. The van der Waals surface area contributed by atoms with E-state index in [1.165, 1.54) is 7.11 Å². The molecule has 27 heavy (non-hydrogen) atoms. The number of carbonyl (C=O) groups excluding carboxylic acids is 1. The van der Waals surface area contributed by atoms with Gasteiger partial charge in [-0.1, -0.05) is 35.1 Å². The first-order chi connectivity index (χ1) is 13.1. The zero-order chi connectivity index (χ0) is 19.2. The molecule has 3 aromatic rings. The number of hydrogen-bond donors (Lipinski definition) is 2. The molecule has 0 fully saturated rings. The van der Waals surface area contributed by atoms with E-state index in [1.807, 2.05) is 31.2 Å². The van der Waals surface area contributed by atoms with Crippen LogP contribution in [0.3, 0.4) is 0 Å². The Hall–Kier alpha value is -2.51. The van der Waals surface area contributed by atoms with Gasteiger partial charge in [0.15, 0.2) is 16.6 Å². The highest BCUT2D eigenvalue weighted by Gasteiger charge is 2.15. The minimum Gasteiger partial charge on any atom is -0.493 e. The molecule has 3 rings (SSSR count). The van der Waals surface area contributed by atoms with Gasteiger partial charge in [0.1, 0.15) is 0 Å². The van der Waals surface area contributed by atoms with E-state index in [0.717, 1.165) is 15.3 Å². The average molecular weight is 406 g/mol. The van der Waals surface area contributed by atoms with Gasteiger partial charge in [-0.2, -0.15) is 0 Å². The molecular formula is C19H20ClN3O3S.